The fourth-order valence-corrected chi connectivity index (χ4v) is 46.3. The maximum Gasteiger partial charge on any atom is 0.552 e. The van der Waals surface area contributed by atoms with Gasteiger partial charge in [0, 0.05) is 26.1 Å². The molecule has 0 N–H and O–H groups in total. The highest BCUT2D eigenvalue weighted by Crippen LogP contribution is 2.36. The molecule has 0 unspecified atom stereocenters. The molecule has 0 aromatic rings. The molecule has 0 rings (SSSR count). The number of hydrogen-bond donors (Lipinski definition) is 0. The Morgan fingerprint density at radius 1 is 0.354 bits per heavy atom. The molecular weight excluding hydrogens is 777 g/mol. The van der Waals surface area contributed by atoms with E-state index in [-0.39, 0.29) is 11.8 Å². The van der Waals surface area contributed by atoms with E-state index >= 15 is 4.79 Å². The molecule has 0 heterocycles. The van der Waals surface area contributed by atoms with Crippen LogP contribution in [0.5, 0.6) is 0 Å². The Balaban J connectivity index is 8.08. The summed E-state index contributed by atoms with van der Waals surface area (Å²) in [6.45, 7) is 45.8. The summed E-state index contributed by atoms with van der Waals surface area (Å²) in [6, 6.07) is 0. The van der Waals surface area contributed by atoms with Crippen molar-refractivity contribution in [3.8, 4) is 0 Å². The van der Waals surface area contributed by atoms with Gasteiger partial charge in [0.1, 0.15) is 0 Å². The van der Waals surface area contributed by atoms with Gasteiger partial charge in [-0.2, -0.15) is 0 Å². The zero-order valence-corrected chi connectivity index (χ0v) is 45.1. The topological polar surface area (TPSA) is 100 Å². The lowest BCUT2D eigenvalue weighted by atomic mass is 10.2. The Hall–Kier alpha value is 1.48. The maximum atomic E-state index is 15.1. The van der Waals surface area contributed by atoms with Crippen molar-refractivity contribution < 1.29 is 41.8 Å². The molecule has 0 aliphatic rings. The van der Waals surface area contributed by atoms with E-state index in [1.54, 1.807) is 0 Å². The summed E-state index contributed by atoms with van der Waals surface area (Å²) in [5, 5.41) is -0.218. The molecule has 0 atom stereocenters. The van der Waals surface area contributed by atoms with E-state index < -0.39 is 85.1 Å². The van der Waals surface area contributed by atoms with Crippen LogP contribution in [0.4, 0.5) is 0 Å². The summed E-state index contributed by atoms with van der Waals surface area (Å²) < 4.78 is 63.1. The Labute approximate surface area is 307 Å². The molecule has 48 heavy (non-hydrogen) atoms. The summed E-state index contributed by atoms with van der Waals surface area (Å²) in [5.74, 6) is 0. The fraction of sp³-hybridized carbons (Fsp3) is 0.964. The lowest BCUT2D eigenvalue weighted by Gasteiger charge is -2.48. The minimum absolute atomic E-state index is 0.218. The minimum atomic E-state index is -4.53. The number of carbonyl (C=O) groups is 1. The first-order valence-corrected chi connectivity index (χ1v) is 46.5. The summed E-state index contributed by atoms with van der Waals surface area (Å²) in [6.07, 6.45) is 3.91. The van der Waals surface area contributed by atoms with Gasteiger partial charge in [-0.25, -0.2) is 0 Å². The van der Waals surface area contributed by atoms with Crippen molar-refractivity contribution >= 4 is 90.5 Å². The normalized spacial score (nSPS) is 15.3. The lowest BCUT2D eigenvalue weighted by molar-refractivity contribution is -0.117. The van der Waals surface area contributed by atoms with E-state index in [1.165, 1.54) is 0 Å². The zero-order chi connectivity index (χ0) is 38.5. The van der Waals surface area contributed by atoms with Crippen LogP contribution in [0.1, 0.15) is 39.0 Å². The molecule has 0 aliphatic carbocycles. The van der Waals surface area contributed by atoms with Gasteiger partial charge in [-0.1, -0.05) is 26.2 Å². The molecule has 0 fully saturated rings. The van der Waals surface area contributed by atoms with Crippen LogP contribution in [0, 0.1) is 0 Å². The molecule has 0 spiro atoms. The Morgan fingerprint density at radius 3 is 0.771 bits per heavy atom. The van der Waals surface area contributed by atoms with Crippen molar-refractivity contribution in [1.29, 1.82) is 0 Å². The largest absolute Gasteiger partial charge is 0.552 e. The third-order valence-electron chi connectivity index (χ3n) is 5.51. The maximum absolute atomic E-state index is 15.1. The second-order valence-corrected chi connectivity index (χ2v) is 58.5. The lowest BCUT2D eigenvalue weighted by Crippen LogP contribution is -2.74. The number of carbonyl (C=O) groups excluding carboxylic acids is 1. The van der Waals surface area contributed by atoms with Crippen LogP contribution in [-0.4, -0.2) is 90.5 Å². The second-order valence-electron chi connectivity index (χ2n) is 19.0. The highest BCUT2D eigenvalue weighted by molar-refractivity contribution is 7.05. The smallest absolute Gasteiger partial charge is 0.417 e. The molecular formula is C28H76O10Si10. The predicted molar refractivity (Wildman–Crippen MR) is 224 cm³/mol. The van der Waals surface area contributed by atoms with Crippen molar-refractivity contribution in [3.05, 3.63) is 0 Å². The summed E-state index contributed by atoms with van der Waals surface area (Å²) >= 11 is 0. The highest BCUT2D eigenvalue weighted by Gasteiger charge is 2.67. The van der Waals surface area contributed by atoms with Crippen molar-refractivity contribution in [2.24, 2.45) is 0 Å². The molecule has 0 aliphatic heterocycles. The van der Waals surface area contributed by atoms with Crippen LogP contribution in [0.15, 0.2) is 0 Å². The van der Waals surface area contributed by atoms with Crippen molar-refractivity contribution in [1.82, 2.24) is 0 Å². The fourth-order valence-electron chi connectivity index (χ4n) is 5.36. The highest BCUT2D eigenvalue weighted by atomic mass is 28.6. The SMILES string of the molecule is CCCCCCC(=O)[Si](O[Si](C)(O[Si](C)(C)C)O[Si](C)(C)C)(O[Si](C)(O[Si](C)(C)C)O[Si](C)(C)C)O[Si](C)(O[Si](C)(C)C)O[Si](C)(C)C. The molecule has 10 nitrogen and oxygen atoms in total. The Kier molecular flexibility index (Phi) is 18.3. The minimum Gasteiger partial charge on any atom is -0.417 e. The number of hydrogen-bond acceptors (Lipinski definition) is 10. The van der Waals surface area contributed by atoms with E-state index in [0.717, 1.165) is 19.3 Å². The third-order valence-corrected chi connectivity index (χ3v) is 37.7. The van der Waals surface area contributed by atoms with Crippen molar-refractivity contribution in [3.63, 3.8) is 0 Å². The molecule has 0 aromatic heterocycles. The average molecular weight is 854 g/mol. The molecule has 0 amide bonds. The van der Waals surface area contributed by atoms with E-state index in [2.05, 4.69) is 125 Å². The van der Waals surface area contributed by atoms with E-state index in [9.17, 15) is 0 Å². The van der Waals surface area contributed by atoms with Gasteiger partial charge in [-0.15, -0.1) is 0 Å². The number of rotatable bonds is 24. The van der Waals surface area contributed by atoms with Crippen LogP contribution in [-0.2, 0) is 41.8 Å². The number of unbranched alkanes of at least 4 members (excludes halogenated alkanes) is 3. The Bertz CT molecular complexity index is 854. The van der Waals surface area contributed by atoms with Gasteiger partial charge in [0.25, 0.3) is 0 Å². The van der Waals surface area contributed by atoms with E-state index in [0.29, 0.717) is 6.42 Å². The first-order valence-electron chi connectivity index (χ1n) is 17.7. The molecule has 20 heteroatoms. The van der Waals surface area contributed by atoms with E-state index in [4.69, 9.17) is 37.0 Å². The van der Waals surface area contributed by atoms with Gasteiger partial charge in [-0.05, 0) is 124 Å². The van der Waals surface area contributed by atoms with Gasteiger partial charge in [0.05, 0.1) is 0 Å². The summed E-state index contributed by atoms with van der Waals surface area (Å²) in [4.78, 5) is 15.1. The zero-order valence-electron chi connectivity index (χ0n) is 35.1. The van der Waals surface area contributed by atoms with Crippen molar-refractivity contribution in [2.75, 3.05) is 0 Å². The van der Waals surface area contributed by atoms with Crippen molar-refractivity contribution in [2.45, 2.75) is 177 Å². The second kappa shape index (κ2) is 17.7. The van der Waals surface area contributed by atoms with Crippen LogP contribution in [0.25, 0.3) is 0 Å². The molecule has 288 valence electrons. The van der Waals surface area contributed by atoms with Gasteiger partial charge in [0.15, 0.2) is 49.9 Å². The van der Waals surface area contributed by atoms with Crippen LogP contribution < -0.4 is 0 Å². The first kappa shape index (κ1) is 49.5. The summed E-state index contributed by atoms with van der Waals surface area (Å²) in [5.41, 5.74) is 0. The van der Waals surface area contributed by atoms with Crippen LogP contribution in [0.3, 0.4) is 0 Å². The monoisotopic (exact) mass is 852 g/mol. The van der Waals surface area contributed by atoms with Gasteiger partial charge in [-0.3, -0.25) is 4.79 Å². The molecule has 0 bridgehead atoms. The predicted octanol–water partition coefficient (Wildman–Crippen LogP) is 9.87. The van der Waals surface area contributed by atoms with Gasteiger partial charge >= 0.3 is 35.2 Å². The average Bonchev–Trinajstić information content (AvgIpc) is 2.66. The standard InChI is InChI=1S/C28H76O10Si10/c1-23-24-25-26-27-28(29)48(36-45(20,30-39(2,3)4)31-40(5,6)7,37-46(21,32-41(8,9)10)33-42(11,12)13)38-47(22,34-43(14,15)16)35-44(17,18)19/h23-27H2,1-22H3. The molecule has 0 aromatic carbocycles. The first-order chi connectivity index (χ1) is 20.8. The third kappa shape index (κ3) is 22.5. The molecule has 0 radical (unpaired) electrons. The van der Waals surface area contributed by atoms with Gasteiger partial charge in [0.2, 0.25) is 5.41 Å². The van der Waals surface area contributed by atoms with Gasteiger partial charge < -0.3 is 37.0 Å². The Morgan fingerprint density at radius 2 is 0.583 bits per heavy atom. The summed E-state index contributed by atoms with van der Waals surface area (Å²) in [7, 11) is -29.1. The van der Waals surface area contributed by atoms with Crippen LogP contribution in [0.2, 0.25) is 137 Å². The van der Waals surface area contributed by atoms with Crippen LogP contribution >= 0.6 is 0 Å². The quantitative estimate of drug-likeness (QED) is 0.0690. The molecule has 0 saturated heterocycles. The van der Waals surface area contributed by atoms with E-state index in [1.807, 2.05) is 19.6 Å². The molecule has 0 saturated carbocycles.